The average molecular weight is 324 g/mol. The molecule has 2 aliphatic rings. The van der Waals surface area contributed by atoms with Gasteiger partial charge in [-0.05, 0) is 37.1 Å². The number of rotatable bonds is 3. The van der Waals surface area contributed by atoms with Crippen LogP contribution in [0.25, 0.3) is 0 Å². The summed E-state index contributed by atoms with van der Waals surface area (Å²) < 4.78 is 5.67. The van der Waals surface area contributed by atoms with Gasteiger partial charge in [-0.25, -0.2) is 4.79 Å². The van der Waals surface area contributed by atoms with E-state index in [1.807, 2.05) is 17.0 Å². The Kier molecular flexibility index (Phi) is 5.18. The minimum atomic E-state index is -0.0425. The predicted octanol–water partition coefficient (Wildman–Crippen LogP) is 2.67. The Balaban J connectivity index is 1.44. The van der Waals surface area contributed by atoms with Gasteiger partial charge in [0.15, 0.2) is 0 Å². The van der Waals surface area contributed by atoms with E-state index in [9.17, 15) is 4.79 Å². The molecule has 0 saturated carbocycles. The van der Waals surface area contributed by atoms with Gasteiger partial charge in [-0.3, -0.25) is 4.90 Å². The van der Waals surface area contributed by atoms with Crippen LogP contribution < -0.4 is 5.32 Å². The number of halogens is 1. The first kappa shape index (κ1) is 15.6. The quantitative estimate of drug-likeness (QED) is 0.930. The number of hydrogen-bond donors (Lipinski definition) is 1. The number of carbonyl (C=O) groups is 1. The van der Waals surface area contributed by atoms with Gasteiger partial charge in [0.05, 0.1) is 6.10 Å². The highest BCUT2D eigenvalue weighted by Crippen LogP contribution is 2.16. The maximum atomic E-state index is 12.2. The summed E-state index contributed by atoms with van der Waals surface area (Å²) in [7, 11) is 0. The molecular weight excluding hydrogens is 302 g/mol. The highest BCUT2D eigenvalue weighted by molar-refractivity contribution is 6.30. The van der Waals surface area contributed by atoms with E-state index in [4.69, 9.17) is 16.3 Å². The Hall–Kier alpha value is -1.30. The lowest BCUT2D eigenvalue weighted by Crippen LogP contribution is -2.51. The molecule has 1 aromatic carbocycles. The second-order valence-corrected chi connectivity index (χ2v) is 6.30. The monoisotopic (exact) mass is 323 g/mol. The van der Waals surface area contributed by atoms with Crippen LogP contribution in [0, 0.1) is 0 Å². The molecule has 0 aromatic heterocycles. The van der Waals surface area contributed by atoms with Crippen LogP contribution in [-0.2, 0) is 4.74 Å². The van der Waals surface area contributed by atoms with Crippen LogP contribution in [0.4, 0.5) is 10.5 Å². The number of piperazine rings is 1. The Bertz CT molecular complexity index is 495. The standard InChI is InChI=1S/C16H22ClN3O2/c17-13-3-5-14(6-4-13)18-16(21)20-9-7-19(8-10-20)12-15-2-1-11-22-15/h3-6,15H,1-2,7-12H2,(H,18,21)/t15-/m1/s1. The van der Waals surface area contributed by atoms with Gasteiger partial charge in [0.2, 0.25) is 0 Å². The zero-order valence-electron chi connectivity index (χ0n) is 12.6. The lowest BCUT2D eigenvalue weighted by atomic mass is 10.2. The van der Waals surface area contributed by atoms with E-state index in [1.54, 1.807) is 12.1 Å². The largest absolute Gasteiger partial charge is 0.377 e. The molecular formula is C16H22ClN3O2. The van der Waals surface area contributed by atoms with Crippen molar-refractivity contribution in [1.29, 1.82) is 0 Å². The zero-order chi connectivity index (χ0) is 15.4. The molecule has 0 spiro atoms. The molecule has 5 nitrogen and oxygen atoms in total. The summed E-state index contributed by atoms with van der Waals surface area (Å²) in [5.41, 5.74) is 0.774. The predicted molar refractivity (Wildman–Crippen MR) is 87.5 cm³/mol. The summed E-state index contributed by atoms with van der Waals surface area (Å²) in [5, 5.41) is 3.58. The third-order valence-electron chi connectivity index (χ3n) is 4.24. The molecule has 0 unspecified atom stereocenters. The minimum absolute atomic E-state index is 0.0425. The van der Waals surface area contributed by atoms with Gasteiger partial charge < -0.3 is 15.0 Å². The van der Waals surface area contributed by atoms with E-state index in [1.165, 1.54) is 6.42 Å². The normalized spacial score (nSPS) is 22.8. The van der Waals surface area contributed by atoms with E-state index in [2.05, 4.69) is 10.2 Å². The highest BCUT2D eigenvalue weighted by Gasteiger charge is 2.24. The number of nitrogens with one attached hydrogen (secondary N) is 1. The molecule has 0 radical (unpaired) electrons. The van der Waals surface area contributed by atoms with Crippen molar-refractivity contribution < 1.29 is 9.53 Å². The van der Waals surface area contributed by atoms with Gasteiger partial charge in [-0.15, -0.1) is 0 Å². The number of urea groups is 1. The van der Waals surface area contributed by atoms with Crippen molar-refractivity contribution in [3.8, 4) is 0 Å². The zero-order valence-corrected chi connectivity index (χ0v) is 13.4. The smallest absolute Gasteiger partial charge is 0.321 e. The third-order valence-corrected chi connectivity index (χ3v) is 4.49. The first-order valence-corrected chi connectivity index (χ1v) is 8.24. The van der Waals surface area contributed by atoms with Gasteiger partial charge in [-0.2, -0.15) is 0 Å². The van der Waals surface area contributed by atoms with Crippen molar-refractivity contribution in [3.05, 3.63) is 29.3 Å². The maximum Gasteiger partial charge on any atom is 0.321 e. The molecule has 0 bridgehead atoms. The molecule has 2 heterocycles. The van der Waals surface area contributed by atoms with Gasteiger partial charge >= 0.3 is 6.03 Å². The summed E-state index contributed by atoms with van der Waals surface area (Å²) >= 11 is 5.84. The van der Waals surface area contributed by atoms with Crippen molar-refractivity contribution in [2.24, 2.45) is 0 Å². The molecule has 2 saturated heterocycles. The van der Waals surface area contributed by atoms with Crippen molar-refractivity contribution >= 4 is 23.3 Å². The fourth-order valence-corrected chi connectivity index (χ4v) is 3.07. The molecule has 2 fully saturated rings. The van der Waals surface area contributed by atoms with E-state index in [-0.39, 0.29) is 6.03 Å². The third kappa shape index (κ3) is 4.12. The summed E-state index contributed by atoms with van der Waals surface area (Å²) in [4.78, 5) is 16.5. The van der Waals surface area contributed by atoms with Crippen molar-refractivity contribution in [1.82, 2.24) is 9.80 Å². The number of carbonyl (C=O) groups excluding carboxylic acids is 1. The number of amides is 2. The van der Waals surface area contributed by atoms with Crippen LogP contribution >= 0.6 is 11.6 Å². The summed E-state index contributed by atoms with van der Waals surface area (Å²) in [6, 6.07) is 7.13. The van der Waals surface area contributed by atoms with Gasteiger partial charge in [-0.1, -0.05) is 11.6 Å². The van der Waals surface area contributed by atoms with Crippen LogP contribution in [0.2, 0.25) is 5.02 Å². The second kappa shape index (κ2) is 7.31. The molecule has 6 heteroatoms. The second-order valence-electron chi connectivity index (χ2n) is 5.86. The van der Waals surface area contributed by atoms with Crippen molar-refractivity contribution in [2.45, 2.75) is 18.9 Å². The van der Waals surface area contributed by atoms with Crippen LogP contribution in [-0.4, -0.2) is 61.3 Å². The summed E-state index contributed by atoms with van der Waals surface area (Å²) in [6.07, 6.45) is 2.72. The first-order chi connectivity index (χ1) is 10.7. The topological polar surface area (TPSA) is 44.8 Å². The molecule has 1 atom stereocenters. The molecule has 0 aliphatic carbocycles. The van der Waals surface area contributed by atoms with Crippen LogP contribution in [0.15, 0.2) is 24.3 Å². The van der Waals surface area contributed by atoms with Crippen molar-refractivity contribution in [2.75, 3.05) is 44.6 Å². The van der Waals surface area contributed by atoms with E-state index in [0.29, 0.717) is 11.1 Å². The lowest BCUT2D eigenvalue weighted by molar-refractivity contribution is 0.0572. The molecule has 22 heavy (non-hydrogen) atoms. The summed E-state index contributed by atoms with van der Waals surface area (Å²) in [5.74, 6) is 0. The number of benzene rings is 1. The van der Waals surface area contributed by atoms with Crippen LogP contribution in [0.1, 0.15) is 12.8 Å². The lowest BCUT2D eigenvalue weighted by Gasteiger charge is -2.35. The maximum absolute atomic E-state index is 12.2. The molecule has 120 valence electrons. The number of ether oxygens (including phenoxy) is 1. The van der Waals surface area contributed by atoms with Gasteiger partial charge in [0, 0.05) is 50.0 Å². The van der Waals surface area contributed by atoms with Crippen molar-refractivity contribution in [3.63, 3.8) is 0 Å². The number of anilines is 1. The van der Waals surface area contributed by atoms with E-state index < -0.39 is 0 Å². The Morgan fingerprint density at radius 1 is 1.23 bits per heavy atom. The SMILES string of the molecule is O=C(Nc1ccc(Cl)cc1)N1CCN(C[C@H]2CCCO2)CC1. The first-order valence-electron chi connectivity index (χ1n) is 7.86. The number of nitrogens with zero attached hydrogens (tertiary/aromatic N) is 2. The Labute approximate surface area is 136 Å². The fraction of sp³-hybridized carbons (Fsp3) is 0.562. The molecule has 1 aromatic rings. The van der Waals surface area contributed by atoms with Gasteiger partial charge in [0.1, 0.15) is 0 Å². The average Bonchev–Trinajstić information content (AvgIpc) is 3.03. The number of hydrogen-bond acceptors (Lipinski definition) is 3. The highest BCUT2D eigenvalue weighted by atomic mass is 35.5. The van der Waals surface area contributed by atoms with E-state index >= 15 is 0 Å². The molecule has 3 rings (SSSR count). The van der Waals surface area contributed by atoms with E-state index in [0.717, 1.165) is 51.4 Å². The van der Waals surface area contributed by atoms with Gasteiger partial charge in [0.25, 0.3) is 0 Å². The summed E-state index contributed by atoms with van der Waals surface area (Å²) in [6.45, 7) is 5.22. The minimum Gasteiger partial charge on any atom is -0.377 e. The Morgan fingerprint density at radius 3 is 2.59 bits per heavy atom. The molecule has 2 amide bonds. The molecule has 2 aliphatic heterocycles. The Morgan fingerprint density at radius 2 is 1.95 bits per heavy atom. The molecule has 1 N–H and O–H groups in total. The van der Waals surface area contributed by atoms with Crippen LogP contribution in [0.5, 0.6) is 0 Å². The fourth-order valence-electron chi connectivity index (χ4n) is 2.95. The van der Waals surface area contributed by atoms with Crippen LogP contribution in [0.3, 0.4) is 0 Å².